The SMILES string of the molecule is CC(OC(=O)CCCC[Si](C)(C)Cl)c1ccccc1[N+](=O)[O-]. The Morgan fingerprint density at radius 3 is 2.59 bits per heavy atom. The minimum atomic E-state index is -1.59. The molecule has 0 heterocycles. The summed E-state index contributed by atoms with van der Waals surface area (Å²) in [4.78, 5) is 22.3. The van der Waals surface area contributed by atoms with Crippen LogP contribution in [-0.4, -0.2) is 18.3 Å². The molecule has 5 nitrogen and oxygen atoms in total. The van der Waals surface area contributed by atoms with Crippen LogP contribution in [0, 0.1) is 10.1 Å². The molecule has 1 aromatic carbocycles. The van der Waals surface area contributed by atoms with E-state index in [0.29, 0.717) is 12.0 Å². The molecular formula is C15H22ClNO4Si. The van der Waals surface area contributed by atoms with E-state index in [1.807, 2.05) is 0 Å². The lowest BCUT2D eigenvalue weighted by Gasteiger charge is -2.14. The number of nitro benzene ring substituents is 1. The average molecular weight is 344 g/mol. The van der Waals surface area contributed by atoms with Gasteiger partial charge in [-0.25, -0.2) is 0 Å². The predicted octanol–water partition coefficient (Wildman–Crippen LogP) is 4.81. The van der Waals surface area contributed by atoms with E-state index in [0.717, 1.165) is 18.9 Å². The molecule has 7 heteroatoms. The van der Waals surface area contributed by atoms with Gasteiger partial charge in [0.05, 0.1) is 10.5 Å². The lowest BCUT2D eigenvalue weighted by molar-refractivity contribution is -0.386. The Morgan fingerprint density at radius 1 is 1.36 bits per heavy atom. The first-order valence-electron chi connectivity index (χ1n) is 7.32. The number of rotatable bonds is 8. The van der Waals surface area contributed by atoms with Crippen molar-refractivity contribution < 1.29 is 14.5 Å². The normalized spacial score (nSPS) is 12.7. The molecule has 0 spiro atoms. The maximum Gasteiger partial charge on any atom is 0.306 e. The van der Waals surface area contributed by atoms with Crippen molar-refractivity contribution in [2.75, 3.05) is 0 Å². The van der Waals surface area contributed by atoms with E-state index in [1.54, 1.807) is 25.1 Å². The zero-order valence-corrected chi connectivity index (χ0v) is 14.9. The summed E-state index contributed by atoms with van der Waals surface area (Å²) in [7, 11) is -1.59. The highest BCUT2D eigenvalue weighted by atomic mass is 35.6. The van der Waals surface area contributed by atoms with Crippen LogP contribution in [0.1, 0.15) is 37.9 Å². The fourth-order valence-electron chi connectivity index (χ4n) is 2.13. The van der Waals surface area contributed by atoms with E-state index >= 15 is 0 Å². The number of nitro groups is 1. The molecule has 0 aliphatic carbocycles. The van der Waals surface area contributed by atoms with Crippen LogP contribution in [0.15, 0.2) is 24.3 Å². The number of unbranched alkanes of at least 4 members (excludes halogenated alkanes) is 1. The van der Waals surface area contributed by atoms with Crippen molar-refractivity contribution in [3.63, 3.8) is 0 Å². The minimum absolute atomic E-state index is 0.0299. The Hall–Kier alpha value is -1.40. The fourth-order valence-corrected chi connectivity index (χ4v) is 3.62. The average Bonchev–Trinajstić information content (AvgIpc) is 2.42. The molecule has 122 valence electrons. The van der Waals surface area contributed by atoms with Gasteiger partial charge in [0.15, 0.2) is 0 Å². The molecule has 1 atom stereocenters. The first-order valence-corrected chi connectivity index (χ1v) is 11.5. The molecule has 1 unspecified atom stereocenters. The Kier molecular flexibility index (Phi) is 7.02. The largest absolute Gasteiger partial charge is 0.458 e. The van der Waals surface area contributed by atoms with E-state index in [9.17, 15) is 14.9 Å². The van der Waals surface area contributed by atoms with Gasteiger partial charge in [-0.3, -0.25) is 14.9 Å². The second kappa shape index (κ2) is 8.29. The van der Waals surface area contributed by atoms with Gasteiger partial charge in [-0.1, -0.05) is 31.6 Å². The van der Waals surface area contributed by atoms with E-state index in [1.165, 1.54) is 6.07 Å². The predicted molar refractivity (Wildman–Crippen MR) is 89.6 cm³/mol. The molecule has 0 aliphatic rings. The number of hydrogen-bond acceptors (Lipinski definition) is 4. The van der Waals surface area contributed by atoms with Crippen LogP contribution in [-0.2, 0) is 9.53 Å². The Labute approximate surface area is 136 Å². The van der Waals surface area contributed by atoms with Crippen LogP contribution in [0.3, 0.4) is 0 Å². The third kappa shape index (κ3) is 6.57. The first-order chi connectivity index (χ1) is 10.2. The van der Waals surface area contributed by atoms with Gasteiger partial charge >= 0.3 is 5.97 Å². The van der Waals surface area contributed by atoms with Crippen molar-refractivity contribution in [1.82, 2.24) is 0 Å². The monoisotopic (exact) mass is 343 g/mol. The summed E-state index contributed by atoms with van der Waals surface area (Å²) in [6.45, 7) is 5.79. The summed E-state index contributed by atoms with van der Waals surface area (Å²) in [6.07, 6.45) is 1.31. The van der Waals surface area contributed by atoms with Gasteiger partial charge in [0.2, 0.25) is 0 Å². The number of carbonyl (C=O) groups is 1. The van der Waals surface area contributed by atoms with Gasteiger partial charge in [0, 0.05) is 12.5 Å². The van der Waals surface area contributed by atoms with Crippen molar-refractivity contribution in [3.8, 4) is 0 Å². The minimum Gasteiger partial charge on any atom is -0.458 e. The van der Waals surface area contributed by atoms with Crippen molar-refractivity contribution in [2.45, 2.75) is 51.4 Å². The lowest BCUT2D eigenvalue weighted by Crippen LogP contribution is -2.15. The van der Waals surface area contributed by atoms with E-state index < -0.39 is 18.4 Å². The lowest BCUT2D eigenvalue weighted by atomic mass is 10.1. The molecule has 0 saturated heterocycles. The highest BCUT2D eigenvalue weighted by Crippen LogP contribution is 2.27. The highest BCUT2D eigenvalue weighted by molar-refractivity contribution is 7.19. The molecule has 1 aromatic rings. The number of para-hydroxylation sites is 1. The number of benzene rings is 1. The van der Waals surface area contributed by atoms with Gasteiger partial charge in [0.1, 0.15) is 13.5 Å². The molecule has 0 radical (unpaired) electrons. The summed E-state index contributed by atoms with van der Waals surface area (Å²) < 4.78 is 5.29. The number of esters is 1. The zero-order chi connectivity index (χ0) is 16.8. The number of nitrogens with zero attached hydrogens (tertiary/aromatic N) is 1. The van der Waals surface area contributed by atoms with Crippen LogP contribution >= 0.6 is 11.1 Å². The molecule has 0 amide bonds. The second-order valence-corrected chi connectivity index (χ2v) is 12.9. The number of ether oxygens (including phenoxy) is 1. The Bertz CT molecular complexity index is 531. The zero-order valence-electron chi connectivity index (χ0n) is 13.2. The Balaban J connectivity index is 2.50. The van der Waals surface area contributed by atoms with Gasteiger partial charge in [-0.15, -0.1) is 0 Å². The molecular weight excluding hydrogens is 322 g/mol. The first kappa shape index (κ1) is 18.6. The standard InChI is InChI=1S/C15H22ClNO4Si/c1-12(13-8-4-5-9-14(13)17(19)20)21-15(18)10-6-7-11-22(2,3)16/h4-5,8-9,12H,6-7,10-11H2,1-3H3. The van der Waals surface area contributed by atoms with Gasteiger partial charge < -0.3 is 4.74 Å². The summed E-state index contributed by atoms with van der Waals surface area (Å²) >= 11 is 6.22. The van der Waals surface area contributed by atoms with Crippen molar-refractivity contribution in [2.24, 2.45) is 0 Å². The molecule has 0 fully saturated rings. The molecule has 0 aliphatic heterocycles. The van der Waals surface area contributed by atoms with Gasteiger partial charge in [-0.2, -0.15) is 11.1 Å². The number of hydrogen-bond donors (Lipinski definition) is 0. The van der Waals surface area contributed by atoms with Gasteiger partial charge in [0.25, 0.3) is 5.69 Å². The fraction of sp³-hybridized carbons (Fsp3) is 0.533. The van der Waals surface area contributed by atoms with Crippen LogP contribution < -0.4 is 0 Å². The van der Waals surface area contributed by atoms with E-state index in [2.05, 4.69) is 13.1 Å². The topological polar surface area (TPSA) is 69.4 Å². The smallest absolute Gasteiger partial charge is 0.306 e. The van der Waals surface area contributed by atoms with Crippen LogP contribution in [0.25, 0.3) is 0 Å². The van der Waals surface area contributed by atoms with Crippen LogP contribution in [0.5, 0.6) is 0 Å². The van der Waals surface area contributed by atoms with E-state index in [4.69, 9.17) is 15.8 Å². The second-order valence-electron chi connectivity index (χ2n) is 5.87. The number of halogens is 1. The summed E-state index contributed by atoms with van der Waals surface area (Å²) in [5.41, 5.74) is 0.382. The summed E-state index contributed by atoms with van der Waals surface area (Å²) in [5, 5.41) is 11.0. The maximum atomic E-state index is 11.8. The van der Waals surface area contributed by atoms with Crippen molar-refractivity contribution in [3.05, 3.63) is 39.9 Å². The van der Waals surface area contributed by atoms with Crippen molar-refractivity contribution >= 4 is 30.1 Å². The molecule has 0 saturated carbocycles. The van der Waals surface area contributed by atoms with Crippen molar-refractivity contribution in [1.29, 1.82) is 0 Å². The molecule has 0 aromatic heterocycles. The summed E-state index contributed by atoms with van der Waals surface area (Å²) in [5.74, 6) is -0.334. The Morgan fingerprint density at radius 2 is 2.00 bits per heavy atom. The quantitative estimate of drug-likeness (QED) is 0.169. The molecule has 22 heavy (non-hydrogen) atoms. The highest BCUT2D eigenvalue weighted by Gasteiger charge is 2.21. The van der Waals surface area contributed by atoms with Crippen LogP contribution in [0.2, 0.25) is 19.1 Å². The molecule has 0 bridgehead atoms. The van der Waals surface area contributed by atoms with E-state index in [-0.39, 0.29) is 11.7 Å². The summed E-state index contributed by atoms with van der Waals surface area (Å²) in [6, 6.07) is 7.26. The van der Waals surface area contributed by atoms with Gasteiger partial charge in [-0.05, 0) is 25.5 Å². The number of carbonyl (C=O) groups excluding carboxylic acids is 1. The molecule has 1 rings (SSSR count). The molecule has 0 N–H and O–H groups in total. The maximum absolute atomic E-state index is 11.8. The third-order valence-corrected chi connectivity index (χ3v) is 5.39. The third-order valence-electron chi connectivity index (χ3n) is 3.28. The van der Waals surface area contributed by atoms with Crippen LogP contribution in [0.4, 0.5) is 5.69 Å².